The van der Waals surface area contributed by atoms with Crippen LogP contribution in [0, 0.1) is 6.92 Å². The number of benzene rings is 1. The standard InChI is InChI=1S/C12H10N2O/c1-8-6-12(14-15-8)11-7-9-4-2-3-5-10(9)13-11/h2-7,13H,1H3. The lowest BCUT2D eigenvalue weighted by molar-refractivity contribution is 0.399. The lowest BCUT2D eigenvalue weighted by atomic mass is 10.2. The Kier molecular flexibility index (Phi) is 1.65. The van der Waals surface area contributed by atoms with Crippen LogP contribution in [0.25, 0.3) is 22.3 Å². The Morgan fingerprint density at radius 2 is 2.07 bits per heavy atom. The molecule has 0 bridgehead atoms. The van der Waals surface area contributed by atoms with Crippen molar-refractivity contribution in [3.05, 3.63) is 42.2 Å². The van der Waals surface area contributed by atoms with E-state index in [9.17, 15) is 0 Å². The second kappa shape index (κ2) is 2.98. The van der Waals surface area contributed by atoms with Crippen LogP contribution in [0.1, 0.15) is 5.76 Å². The summed E-state index contributed by atoms with van der Waals surface area (Å²) >= 11 is 0. The van der Waals surface area contributed by atoms with Crippen LogP contribution < -0.4 is 0 Å². The van der Waals surface area contributed by atoms with Crippen LogP contribution in [-0.2, 0) is 0 Å². The summed E-state index contributed by atoms with van der Waals surface area (Å²) in [6, 6.07) is 12.1. The zero-order chi connectivity index (χ0) is 10.3. The molecule has 0 aliphatic carbocycles. The SMILES string of the molecule is Cc1cc(-c2cc3ccccc3[nH]2)no1. The van der Waals surface area contributed by atoms with Gasteiger partial charge in [0.15, 0.2) is 0 Å². The molecule has 0 fully saturated rings. The topological polar surface area (TPSA) is 41.8 Å². The van der Waals surface area contributed by atoms with Crippen molar-refractivity contribution in [3.63, 3.8) is 0 Å². The molecule has 3 heteroatoms. The third-order valence-corrected chi connectivity index (χ3v) is 2.43. The molecule has 0 aliphatic rings. The molecule has 1 aromatic carbocycles. The largest absolute Gasteiger partial charge is 0.361 e. The number of fused-ring (bicyclic) bond motifs is 1. The fraction of sp³-hybridized carbons (Fsp3) is 0.0833. The molecular weight excluding hydrogens is 188 g/mol. The smallest absolute Gasteiger partial charge is 0.134 e. The highest BCUT2D eigenvalue weighted by Gasteiger charge is 2.06. The van der Waals surface area contributed by atoms with E-state index in [2.05, 4.69) is 22.3 Å². The van der Waals surface area contributed by atoms with E-state index in [-0.39, 0.29) is 0 Å². The summed E-state index contributed by atoms with van der Waals surface area (Å²) in [6.07, 6.45) is 0. The van der Waals surface area contributed by atoms with Crippen molar-refractivity contribution < 1.29 is 4.52 Å². The number of aromatic amines is 1. The molecule has 3 nitrogen and oxygen atoms in total. The monoisotopic (exact) mass is 198 g/mol. The maximum Gasteiger partial charge on any atom is 0.134 e. The molecule has 0 unspecified atom stereocenters. The fourth-order valence-electron chi connectivity index (χ4n) is 1.70. The molecule has 0 atom stereocenters. The summed E-state index contributed by atoms with van der Waals surface area (Å²) in [5, 5.41) is 5.16. The summed E-state index contributed by atoms with van der Waals surface area (Å²) in [5.74, 6) is 0.823. The number of rotatable bonds is 1. The van der Waals surface area contributed by atoms with Crippen LogP contribution in [0.5, 0.6) is 0 Å². The molecule has 3 aromatic rings. The van der Waals surface area contributed by atoms with E-state index >= 15 is 0 Å². The Labute approximate surface area is 86.7 Å². The zero-order valence-electron chi connectivity index (χ0n) is 8.32. The van der Waals surface area contributed by atoms with E-state index in [0.717, 1.165) is 22.7 Å². The molecule has 0 saturated carbocycles. The minimum Gasteiger partial charge on any atom is -0.361 e. The molecule has 0 saturated heterocycles. The van der Waals surface area contributed by atoms with Crippen LogP contribution in [-0.4, -0.2) is 10.1 Å². The Hall–Kier alpha value is -2.03. The summed E-state index contributed by atoms with van der Waals surface area (Å²) in [7, 11) is 0. The number of aryl methyl sites for hydroxylation is 1. The van der Waals surface area contributed by atoms with Gasteiger partial charge in [0.05, 0.1) is 5.69 Å². The Balaban J connectivity index is 2.19. The third kappa shape index (κ3) is 1.32. The van der Waals surface area contributed by atoms with Gasteiger partial charge < -0.3 is 9.51 Å². The normalized spacial score (nSPS) is 11.0. The van der Waals surface area contributed by atoms with E-state index in [0.29, 0.717) is 0 Å². The second-order valence-electron chi connectivity index (χ2n) is 3.59. The van der Waals surface area contributed by atoms with Gasteiger partial charge in [-0.05, 0) is 19.1 Å². The van der Waals surface area contributed by atoms with Crippen molar-refractivity contribution in [1.82, 2.24) is 10.1 Å². The Morgan fingerprint density at radius 1 is 1.20 bits per heavy atom. The first-order valence-corrected chi connectivity index (χ1v) is 4.84. The number of hydrogen-bond acceptors (Lipinski definition) is 2. The van der Waals surface area contributed by atoms with E-state index in [1.807, 2.05) is 31.2 Å². The minimum absolute atomic E-state index is 0.823. The predicted octanol–water partition coefficient (Wildman–Crippen LogP) is 3.13. The molecule has 15 heavy (non-hydrogen) atoms. The first-order valence-electron chi connectivity index (χ1n) is 4.84. The molecule has 0 radical (unpaired) electrons. The van der Waals surface area contributed by atoms with Crippen molar-refractivity contribution in [2.24, 2.45) is 0 Å². The van der Waals surface area contributed by atoms with Gasteiger partial charge in [-0.25, -0.2) is 0 Å². The van der Waals surface area contributed by atoms with Gasteiger partial charge in [0, 0.05) is 17.0 Å². The number of aromatic nitrogens is 2. The molecular formula is C12H10N2O. The number of nitrogens with one attached hydrogen (secondary N) is 1. The van der Waals surface area contributed by atoms with Gasteiger partial charge in [-0.1, -0.05) is 23.4 Å². The molecule has 2 heterocycles. The van der Waals surface area contributed by atoms with Crippen molar-refractivity contribution in [1.29, 1.82) is 0 Å². The lowest BCUT2D eigenvalue weighted by Crippen LogP contribution is -1.74. The molecule has 2 aromatic heterocycles. The third-order valence-electron chi connectivity index (χ3n) is 2.43. The van der Waals surface area contributed by atoms with Crippen molar-refractivity contribution in [2.45, 2.75) is 6.92 Å². The Morgan fingerprint density at radius 3 is 2.80 bits per heavy atom. The summed E-state index contributed by atoms with van der Waals surface area (Å²) in [4.78, 5) is 3.30. The van der Waals surface area contributed by atoms with E-state index in [1.165, 1.54) is 5.39 Å². The average Bonchev–Trinajstić information content (AvgIpc) is 2.82. The van der Waals surface area contributed by atoms with Gasteiger partial charge in [0.25, 0.3) is 0 Å². The predicted molar refractivity (Wildman–Crippen MR) is 58.5 cm³/mol. The number of nitrogens with zero attached hydrogens (tertiary/aromatic N) is 1. The lowest BCUT2D eigenvalue weighted by Gasteiger charge is -1.86. The number of para-hydroxylation sites is 1. The van der Waals surface area contributed by atoms with Gasteiger partial charge in [-0.2, -0.15) is 0 Å². The molecule has 0 aliphatic heterocycles. The van der Waals surface area contributed by atoms with Crippen LogP contribution in [0.15, 0.2) is 40.9 Å². The van der Waals surface area contributed by atoms with E-state index in [1.54, 1.807) is 0 Å². The van der Waals surface area contributed by atoms with E-state index in [4.69, 9.17) is 4.52 Å². The van der Waals surface area contributed by atoms with Gasteiger partial charge in [-0.15, -0.1) is 0 Å². The van der Waals surface area contributed by atoms with E-state index < -0.39 is 0 Å². The quantitative estimate of drug-likeness (QED) is 0.652. The fourth-order valence-corrected chi connectivity index (χ4v) is 1.70. The first kappa shape index (κ1) is 8.29. The highest BCUT2D eigenvalue weighted by Crippen LogP contribution is 2.23. The zero-order valence-corrected chi connectivity index (χ0v) is 8.32. The summed E-state index contributed by atoms with van der Waals surface area (Å²) in [6.45, 7) is 1.89. The highest BCUT2D eigenvalue weighted by molar-refractivity contribution is 5.85. The Bertz CT molecular complexity index is 574. The van der Waals surface area contributed by atoms with Gasteiger partial charge >= 0.3 is 0 Å². The summed E-state index contributed by atoms with van der Waals surface area (Å²) < 4.78 is 5.04. The first-order chi connectivity index (χ1) is 7.33. The number of H-pyrrole nitrogens is 1. The van der Waals surface area contributed by atoms with Crippen LogP contribution in [0.2, 0.25) is 0 Å². The van der Waals surface area contributed by atoms with Gasteiger partial charge in [0.2, 0.25) is 0 Å². The molecule has 0 amide bonds. The molecule has 3 rings (SSSR count). The maximum atomic E-state index is 5.04. The van der Waals surface area contributed by atoms with Crippen LogP contribution >= 0.6 is 0 Å². The van der Waals surface area contributed by atoms with Gasteiger partial charge in [0.1, 0.15) is 11.5 Å². The molecule has 74 valence electrons. The summed E-state index contributed by atoms with van der Waals surface area (Å²) in [5.41, 5.74) is 2.96. The molecule has 1 N–H and O–H groups in total. The molecule has 0 spiro atoms. The van der Waals surface area contributed by atoms with Crippen LogP contribution in [0.3, 0.4) is 0 Å². The van der Waals surface area contributed by atoms with Crippen LogP contribution in [0.4, 0.5) is 0 Å². The minimum atomic E-state index is 0.823. The average molecular weight is 198 g/mol. The van der Waals surface area contributed by atoms with Crippen molar-refractivity contribution in [3.8, 4) is 11.4 Å². The van der Waals surface area contributed by atoms with Crippen molar-refractivity contribution in [2.75, 3.05) is 0 Å². The maximum absolute atomic E-state index is 5.04. The highest BCUT2D eigenvalue weighted by atomic mass is 16.5. The van der Waals surface area contributed by atoms with Crippen molar-refractivity contribution >= 4 is 10.9 Å². The second-order valence-corrected chi connectivity index (χ2v) is 3.59. The number of hydrogen-bond donors (Lipinski definition) is 1. The van der Waals surface area contributed by atoms with Gasteiger partial charge in [-0.3, -0.25) is 0 Å².